The number of rotatable bonds is 3. The molecule has 2 aromatic heterocycles. The smallest absolute Gasteiger partial charge is 0.184 e. The Morgan fingerprint density at radius 2 is 2.50 bits per heavy atom. The van der Waals surface area contributed by atoms with Crippen LogP contribution in [0.15, 0.2) is 17.6 Å². The summed E-state index contributed by atoms with van der Waals surface area (Å²) < 4.78 is 1.82. The van der Waals surface area contributed by atoms with Crippen LogP contribution in [0.5, 0.6) is 0 Å². The van der Waals surface area contributed by atoms with E-state index >= 15 is 0 Å². The highest BCUT2D eigenvalue weighted by molar-refractivity contribution is 7.14. The molecule has 0 aliphatic carbocycles. The molecule has 74 valence electrons. The van der Waals surface area contributed by atoms with Crippen LogP contribution in [-0.2, 0) is 13.6 Å². The quantitative estimate of drug-likeness (QED) is 0.876. The first-order valence-corrected chi connectivity index (χ1v) is 5.33. The Bertz CT molecular complexity index is 422. The molecule has 0 amide bonds. The zero-order chi connectivity index (χ0) is 9.97. The molecule has 2 rings (SSSR count). The summed E-state index contributed by atoms with van der Waals surface area (Å²) in [6.07, 6.45) is 1.77. The van der Waals surface area contributed by atoms with Gasteiger partial charge in [-0.05, 0) is 6.07 Å². The van der Waals surface area contributed by atoms with Gasteiger partial charge in [0.25, 0.3) is 0 Å². The second-order valence-corrected chi connectivity index (χ2v) is 4.02. The summed E-state index contributed by atoms with van der Waals surface area (Å²) in [5.41, 5.74) is 1.11. The lowest BCUT2D eigenvalue weighted by Crippen LogP contribution is -2.04. The molecule has 1 N–H and O–H groups in total. The van der Waals surface area contributed by atoms with Crippen LogP contribution in [0.4, 0.5) is 5.13 Å². The molecule has 0 saturated heterocycles. The number of anilines is 1. The summed E-state index contributed by atoms with van der Waals surface area (Å²) in [5, 5.41) is 10.4. The molecule has 0 aliphatic rings. The molecule has 0 aliphatic heterocycles. The minimum Gasteiger partial charge on any atom is -0.356 e. The van der Waals surface area contributed by atoms with Gasteiger partial charge in [0, 0.05) is 18.6 Å². The zero-order valence-electron chi connectivity index (χ0n) is 7.57. The van der Waals surface area contributed by atoms with Crippen molar-refractivity contribution in [3.63, 3.8) is 0 Å². The molecule has 0 bridgehead atoms. The molecule has 0 spiro atoms. The Labute approximate surface area is 90.5 Å². The van der Waals surface area contributed by atoms with Gasteiger partial charge in [0.1, 0.15) is 5.15 Å². The third kappa shape index (κ3) is 2.05. The van der Waals surface area contributed by atoms with Crippen molar-refractivity contribution in [1.82, 2.24) is 14.8 Å². The number of hydrogen-bond acceptors (Lipinski definition) is 4. The van der Waals surface area contributed by atoms with Gasteiger partial charge in [-0.2, -0.15) is 5.10 Å². The normalized spacial score (nSPS) is 10.4. The summed E-state index contributed by atoms with van der Waals surface area (Å²) >= 11 is 7.19. The average molecular weight is 229 g/mol. The second kappa shape index (κ2) is 3.98. The zero-order valence-corrected chi connectivity index (χ0v) is 9.14. The molecule has 14 heavy (non-hydrogen) atoms. The summed E-state index contributed by atoms with van der Waals surface area (Å²) in [6, 6.07) is 1.96. The van der Waals surface area contributed by atoms with Gasteiger partial charge in [0.05, 0.1) is 12.2 Å². The van der Waals surface area contributed by atoms with E-state index in [0.29, 0.717) is 11.7 Å². The van der Waals surface area contributed by atoms with E-state index in [1.807, 2.05) is 17.8 Å². The molecule has 0 aromatic carbocycles. The summed E-state index contributed by atoms with van der Waals surface area (Å²) in [5.74, 6) is 0. The van der Waals surface area contributed by atoms with Crippen molar-refractivity contribution in [3.8, 4) is 0 Å². The fourth-order valence-electron chi connectivity index (χ4n) is 1.08. The number of aryl methyl sites for hydroxylation is 1. The topological polar surface area (TPSA) is 42.7 Å². The van der Waals surface area contributed by atoms with Crippen molar-refractivity contribution in [2.75, 3.05) is 5.32 Å². The lowest BCUT2D eigenvalue weighted by atomic mass is 10.4. The maximum absolute atomic E-state index is 5.69. The highest BCUT2D eigenvalue weighted by atomic mass is 35.5. The first kappa shape index (κ1) is 9.48. The average Bonchev–Trinajstić information content (AvgIpc) is 2.72. The standard InChI is InChI=1S/C8H9ClN4S/c1-13-6(2-3-11-13)4-10-8-12-7(9)5-14-8/h2-3,5H,4H2,1H3,(H,10,12). The van der Waals surface area contributed by atoms with Crippen molar-refractivity contribution in [2.24, 2.45) is 7.05 Å². The molecule has 4 nitrogen and oxygen atoms in total. The Hall–Kier alpha value is -1.07. The molecule has 0 unspecified atom stereocenters. The van der Waals surface area contributed by atoms with Gasteiger partial charge in [-0.3, -0.25) is 4.68 Å². The van der Waals surface area contributed by atoms with Gasteiger partial charge >= 0.3 is 0 Å². The third-order valence-electron chi connectivity index (χ3n) is 1.82. The SMILES string of the molecule is Cn1nccc1CNc1nc(Cl)cs1. The third-order valence-corrected chi connectivity index (χ3v) is 2.94. The lowest BCUT2D eigenvalue weighted by Gasteiger charge is -2.02. The summed E-state index contributed by atoms with van der Waals surface area (Å²) in [4.78, 5) is 4.08. The number of nitrogens with one attached hydrogen (secondary N) is 1. The Morgan fingerprint density at radius 3 is 3.07 bits per heavy atom. The van der Waals surface area contributed by atoms with Crippen LogP contribution >= 0.6 is 22.9 Å². The number of nitrogens with zero attached hydrogens (tertiary/aromatic N) is 3. The molecule has 6 heteroatoms. The molecule has 2 heterocycles. The molecule has 2 aromatic rings. The fourth-order valence-corrected chi connectivity index (χ4v) is 1.91. The lowest BCUT2D eigenvalue weighted by molar-refractivity contribution is 0.720. The highest BCUT2D eigenvalue weighted by Gasteiger charge is 2.01. The fraction of sp³-hybridized carbons (Fsp3) is 0.250. The van der Waals surface area contributed by atoms with Gasteiger partial charge in [0.2, 0.25) is 0 Å². The molecular formula is C8H9ClN4S. The second-order valence-electron chi connectivity index (χ2n) is 2.78. The number of thiazole rings is 1. The van der Waals surface area contributed by atoms with Crippen LogP contribution < -0.4 is 5.32 Å². The highest BCUT2D eigenvalue weighted by Crippen LogP contribution is 2.19. The maximum atomic E-state index is 5.69. The Morgan fingerprint density at radius 1 is 1.64 bits per heavy atom. The van der Waals surface area contributed by atoms with E-state index in [0.717, 1.165) is 10.8 Å². The monoisotopic (exact) mass is 228 g/mol. The van der Waals surface area contributed by atoms with Crippen LogP contribution in [0.1, 0.15) is 5.69 Å². The number of halogens is 1. The Balaban J connectivity index is 1.98. The van der Waals surface area contributed by atoms with Crippen molar-refractivity contribution in [2.45, 2.75) is 6.54 Å². The van der Waals surface area contributed by atoms with Gasteiger partial charge in [-0.25, -0.2) is 4.98 Å². The first-order valence-electron chi connectivity index (χ1n) is 4.07. The largest absolute Gasteiger partial charge is 0.356 e. The summed E-state index contributed by atoms with van der Waals surface area (Å²) in [6.45, 7) is 0.709. The van der Waals surface area contributed by atoms with Crippen LogP contribution in [0, 0.1) is 0 Å². The van der Waals surface area contributed by atoms with Crippen LogP contribution in [0.2, 0.25) is 5.15 Å². The minimum atomic E-state index is 0.530. The molecule has 0 saturated carbocycles. The summed E-state index contributed by atoms with van der Waals surface area (Å²) in [7, 11) is 1.91. The molecule has 0 fully saturated rings. The molecular weight excluding hydrogens is 220 g/mol. The van der Waals surface area contributed by atoms with E-state index < -0.39 is 0 Å². The van der Waals surface area contributed by atoms with Gasteiger partial charge in [-0.1, -0.05) is 11.6 Å². The number of aromatic nitrogens is 3. The maximum Gasteiger partial charge on any atom is 0.184 e. The molecule has 0 radical (unpaired) electrons. The van der Waals surface area contributed by atoms with Crippen LogP contribution in [0.3, 0.4) is 0 Å². The van der Waals surface area contributed by atoms with Crippen molar-refractivity contribution in [3.05, 3.63) is 28.5 Å². The van der Waals surface area contributed by atoms with E-state index in [2.05, 4.69) is 15.4 Å². The van der Waals surface area contributed by atoms with E-state index in [1.54, 1.807) is 11.6 Å². The van der Waals surface area contributed by atoms with E-state index in [-0.39, 0.29) is 0 Å². The predicted molar refractivity (Wildman–Crippen MR) is 57.7 cm³/mol. The predicted octanol–water partition coefficient (Wildman–Crippen LogP) is 2.14. The molecule has 0 atom stereocenters. The van der Waals surface area contributed by atoms with E-state index in [1.165, 1.54) is 11.3 Å². The van der Waals surface area contributed by atoms with E-state index in [4.69, 9.17) is 11.6 Å². The van der Waals surface area contributed by atoms with Crippen LogP contribution in [0.25, 0.3) is 0 Å². The van der Waals surface area contributed by atoms with Gasteiger partial charge in [-0.15, -0.1) is 11.3 Å². The first-order chi connectivity index (χ1) is 6.75. The van der Waals surface area contributed by atoms with Crippen molar-refractivity contribution < 1.29 is 0 Å². The minimum absolute atomic E-state index is 0.530. The van der Waals surface area contributed by atoms with Gasteiger partial charge in [0.15, 0.2) is 5.13 Å². The van der Waals surface area contributed by atoms with E-state index in [9.17, 15) is 0 Å². The Kier molecular flexibility index (Phi) is 2.69. The van der Waals surface area contributed by atoms with Crippen LogP contribution in [-0.4, -0.2) is 14.8 Å². The van der Waals surface area contributed by atoms with Gasteiger partial charge < -0.3 is 5.32 Å². The van der Waals surface area contributed by atoms with Crippen molar-refractivity contribution >= 4 is 28.1 Å². The van der Waals surface area contributed by atoms with Crippen molar-refractivity contribution in [1.29, 1.82) is 0 Å². The number of hydrogen-bond donors (Lipinski definition) is 1.